The first-order valence-electron chi connectivity index (χ1n) is 33.2. The largest absolute Gasteiger partial charge is 0.768 e. The van der Waals surface area contributed by atoms with Crippen molar-refractivity contribution in [2.75, 3.05) is 52.3 Å². The Morgan fingerprint density at radius 1 is 0.564 bits per heavy atom. The molecule has 0 fully saturated rings. The number of nitrogens with two attached hydrogens (primary N) is 3. The standard InChI is InChI=1S/C31H28N4O2S3.C19H17N3OS.C16H17N3S.C3H4N2O.2CH4.N2/c1-4-34-24-10-7-21(15-30(24)38-28-12-6-20(3)14-26(28)34)18-32-33-19-22-8-11-25-31(16-22)39-29-13-9-23(40(36)37)17-27(29)35(25)5-2;1-3-22-15-6-5-13(9-14(11-20)19(21)23)10-18(15)24-17-7-4-12(2)8-16(17)22;1-3-19-13-6-5-12(10-18-17)9-16(13)20-15-7-4-11(2)8-14(15)19;1-5-2-3(4)6;;;1-2/h6-19H,4-5H2,1-3H3,(H,36,37);4-10H,3H2,1-2H3,(H2,21,23);4-10H,3,17H2,1-2H3;2H2,(H2,4,6);2*1H4;/p-1/b32-18+,33-19+;;18-10+;;;;/i;;;2D2;1D;;/hD6. The Kier molecular flexibility index (Phi) is 22.1. The average Bonchev–Trinajstić information content (AvgIpc) is 0.790. The summed E-state index contributed by atoms with van der Waals surface area (Å²) in [6, 6.07) is 50.9. The predicted molar refractivity (Wildman–Crippen MR) is 387 cm³/mol. The molecule has 482 valence electrons. The lowest BCUT2D eigenvalue weighted by molar-refractivity contribution is -0.116. The minimum absolute atomic E-state index is 0. The van der Waals surface area contributed by atoms with E-state index in [0.717, 1.165) is 79.5 Å². The second kappa shape index (κ2) is 34.3. The van der Waals surface area contributed by atoms with Crippen molar-refractivity contribution in [2.24, 2.45) is 32.6 Å². The van der Waals surface area contributed by atoms with Gasteiger partial charge in [-0.05, 0) is 208 Å². The summed E-state index contributed by atoms with van der Waals surface area (Å²) in [6.45, 7) is 21.6. The molecule has 4 aliphatic rings. The molecule has 12 rings (SSSR count). The molecule has 0 spiro atoms. The van der Waals surface area contributed by atoms with Crippen LogP contribution in [0.15, 0.2) is 211 Å². The van der Waals surface area contributed by atoms with Crippen LogP contribution >= 0.6 is 47.0 Å². The number of amides is 2. The Balaban J connectivity index is 0.000000230. The third-order valence-electron chi connectivity index (χ3n) is 14.4. The maximum atomic E-state index is 11.7. The van der Waals surface area contributed by atoms with Crippen LogP contribution in [0.3, 0.4) is 0 Å². The van der Waals surface area contributed by atoms with Gasteiger partial charge in [0, 0.05) is 82.4 Å². The molecule has 0 radical (unpaired) electrons. The summed E-state index contributed by atoms with van der Waals surface area (Å²) in [5, 5.41) is 33.5. The van der Waals surface area contributed by atoms with Crippen molar-refractivity contribution in [3.63, 3.8) is 0 Å². The van der Waals surface area contributed by atoms with Crippen LogP contribution in [0.1, 0.15) is 85.6 Å². The van der Waals surface area contributed by atoms with Crippen LogP contribution in [0.4, 0.5) is 45.5 Å². The van der Waals surface area contributed by atoms with E-state index < -0.39 is 35.1 Å². The fourth-order valence-electron chi connectivity index (χ4n) is 10.3. The Labute approximate surface area is 583 Å². The molecule has 4 aliphatic heterocycles. The first-order valence-corrected chi connectivity index (χ1v) is 32.9. The number of anilines is 8. The van der Waals surface area contributed by atoms with Gasteiger partial charge in [0.05, 0.1) is 64.1 Å². The first kappa shape index (κ1) is 60.6. The van der Waals surface area contributed by atoms with Crippen molar-refractivity contribution in [3.8, 4) is 6.07 Å². The van der Waals surface area contributed by atoms with E-state index in [4.69, 9.17) is 35.2 Å². The molecule has 8 aromatic rings. The van der Waals surface area contributed by atoms with Gasteiger partial charge in [0.2, 0.25) is 0 Å². The molecule has 0 saturated carbocycles. The van der Waals surface area contributed by atoms with Gasteiger partial charge in [0.25, 0.3) is 18.3 Å². The van der Waals surface area contributed by atoms with Crippen molar-refractivity contribution < 1.29 is 30.9 Å². The molecule has 4 heterocycles. The third kappa shape index (κ3) is 17.3. The molecule has 6 N–H and O–H groups in total. The molecule has 1 unspecified atom stereocenters. The summed E-state index contributed by atoms with van der Waals surface area (Å²) in [5.41, 5.74) is 15.7. The number of carbonyl (C=O) groups is 2. The minimum Gasteiger partial charge on any atom is -0.768 e. The summed E-state index contributed by atoms with van der Waals surface area (Å²) >= 11 is 4.57. The Bertz CT molecular complexity index is 4670. The molecule has 1 atom stereocenters. The van der Waals surface area contributed by atoms with Crippen molar-refractivity contribution >= 4 is 140 Å². The fourth-order valence-corrected chi connectivity index (χ4v) is 15.2. The maximum absolute atomic E-state index is 11.7. The SMILES string of the molecule is C.CCN1c2ccc(/C=N/N=C/c3ccc4c(c3)Sc3ccc(S(=O)[O-])cc3N4CC)cc2Sc2ccc(C)cc21.N#N.[2H]C.[2H]N([2H])/N=C/c1ccc2c(c1)Sc1ccc(C)cc1N2CC.[2H]N([2H])C(=O)C(C#N)=Cc1ccc2c(c1)Sc1ccc(C)cc1N2CC.[2H]N([2H])C(=O)C([2H])([2H])[N+]#[C-]. The molecule has 0 aromatic heterocycles. The summed E-state index contributed by atoms with van der Waals surface area (Å²) in [6.07, 6.45) is 6.50. The highest BCUT2D eigenvalue weighted by atomic mass is 32.2. The van der Waals surface area contributed by atoms with E-state index in [-0.39, 0.29) is 18.7 Å². The third-order valence-corrected chi connectivity index (χ3v) is 19.5. The van der Waals surface area contributed by atoms with E-state index >= 15 is 0 Å². The number of fused-ring (bicyclic) bond motifs is 8. The van der Waals surface area contributed by atoms with Gasteiger partial charge in [-0.1, -0.05) is 104 Å². The smallest absolute Gasteiger partial charge is 0.297 e. The Morgan fingerprint density at radius 3 is 1.26 bits per heavy atom. The van der Waals surface area contributed by atoms with Crippen LogP contribution in [0.2, 0.25) is 8.47 Å². The van der Waals surface area contributed by atoms with Crippen molar-refractivity contribution in [3.05, 3.63) is 202 Å². The van der Waals surface area contributed by atoms with Gasteiger partial charge in [-0.2, -0.15) is 20.6 Å². The van der Waals surface area contributed by atoms with E-state index in [0.29, 0.717) is 16.3 Å². The highest BCUT2D eigenvalue weighted by Crippen LogP contribution is 2.52. The van der Waals surface area contributed by atoms with Gasteiger partial charge >= 0.3 is 0 Å². The second-order valence-corrected chi connectivity index (χ2v) is 25.6. The van der Waals surface area contributed by atoms with Gasteiger partial charge < -0.3 is 46.3 Å². The molecule has 18 nitrogen and oxygen atoms in total. The summed E-state index contributed by atoms with van der Waals surface area (Å²) in [4.78, 5) is 42.9. The Morgan fingerprint density at radius 2 is 0.926 bits per heavy atom. The summed E-state index contributed by atoms with van der Waals surface area (Å²) in [5.74, 6) is -2.13. The van der Waals surface area contributed by atoms with E-state index in [1.54, 1.807) is 77.7 Å². The Hall–Kier alpha value is -9.64. The lowest BCUT2D eigenvalue weighted by atomic mass is 10.1. The highest BCUT2D eigenvalue weighted by molar-refractivity contribution is 8.00. The molecular formula is C71H73N14O4S5-. The zero-order valence-corrected chi connectivity index (χ0v) is 56.0. The van der Waals surface area contributed by atoms with E-state index in [1.165, 1.54) is 84.4 Å². The van der Waals surface area contributed by atoms with Gasteiger partial charge in [-0.15, -0.1) is 0 Å². The van der Waals surface area contributed by atoms with Crippen LogP contribution < -0.4 is 36.9 Å². The number of aryl methyl sites for hydroxylation is 3. The normalized spacial score (nSPS) is 14.2. The maximum Gasteiger partial charge on any atom is 0.297 e. The van der Waals surface area contributed by atoms with E-state index in [1.807, 2.05) is 36.4 Å². The van der Waals surface area contributed by atoms with Crippen molar-refractivity contribution in [1.29, 1.82) is 16.0 Å². The zero-order chi connectivity index (χ0) is 74.7. The lowest BCUT2D eigenvalue weighted by Crippen LogP contribution is -2.20. The number of nitrogens with zero attached hydrogens (tertiary/aromatic N) is 11. The fraction of sp³-hybridized carbons (Fsp3) is 0.197. The van der Waals surface area contributed by atoms with Crippen LogP contribution in [-0.4, -0.2) is 71.9 Å². The number of hydrogen-bond acceptors (Lipinski definition) is 19. The molecule has 2 amide bonds. The zero-order valence-electron chi connectivity index (χ0n) is 60.9. The number of hydrazone groups is 1. The lowest BCUT2D eigenvalue weighted by Gasteiger charge is -2.32. The number of carbonyl (C=O) groups excluding carboxylic acids is 2. The second-order valence-electron chi connectivity index (χ2n) is 20.3. The number of rotatable bonds is 13. The van der Waals surface area contributed by atoms with Crippen molar-refractivity contribution in [2.45, 2.75) is 107 Å². The van der Waals surface area contributed by atoms with Gasteiger partial charge in [-0.3, -0.25) is 13.8 Å². The summed E-state index contributed by atoms with van der Waals surface area (Å²) < 4.78 is 82.5. The molecule has 0 bridgehead atoms. The molecule has 23 heteroatoms. The summed E-state index contributed by atoms with van der Waals surface area (Å²) in [7, 11) is 1.25. The van der Waals surface area contributed by atoms with E-state index in [9.17, 15) is 18.4 Å². The minimum atomic E-state index is -2.77. The van der Waals surface area contributed by atoms with E-state index in [2.05, 4.69) is 185 Å². The van der Waals surface area contributed by atoms with Crippen LogP contribution in [0.25, 0.3) is 10.9 Å². The number of primary amides is 2. The number of benzene rings is 8. The quantitative estimate of drug-likeness (QED) is 0.0141. The molecule has 8 aromatic carbocycles. The molecule has 94 heavy (non-hydrogen) atoms. The predicted octanol–water partition coefficient (Wildman–Crippen LogP) is 16.5. The molecule has 0 aliphatic carbocycles. The van der Waals surface area contributed by atoms with Gasteiger partial charge in [0.15, 0.2) is 8.47 Å². The first-order chi connectivity index (χ1) is 48.9. The molecular weight excluding hydrogens is 1270 g/mol. The number of hydrogen-bond donors (Lipinski definition) is 3. The van der Waals surface area contributed by atoms with Crippen LogP contribution in [0, 0.1) is 49.5 Å². The van der Waals surface area contributed by atoms with Gasteiger partial charge in [-0.25, -0.2) is 6.57 Å². The van der Waals surface area contributed by atoms with Crippen molar-refractivity contribution in [1.82, 2.24) is 0 Å². The van der Waals surface area contributed by atoms with Crippen LogP contribution in [-0.2, 0) is 20.7 Å². The number of nitriles is 1. The molecule has 0 saturated heterocycles. The monoisotopic (exact) mass is 1350 g/mol. The van der Waals surface area contributed by atoms with Gasteiger partial charge in [0.1, 0.15) is 14.4 Å². The van der Waals surface area contributed by atoms with Crippen LogP contribution in [0.5, 0.6) is 0 Å². The topological polar surface area (TPSA) is 278 Å². The average molecular weight is 1360 g/mol. The highest BCUT2D eigenvalue weighted by Gasteiger charge is 2.27.